The highest BCUT2D eigenvalue weighted by Crippen LogP contribution is 2.42. The van der Waals surface area contributed by atoms with Gasteiger partial charge in [-0.05, 0) is 12.1 Å². The fraction of sp³-hybridized carbons (Fsp3) is 0.231. The standard InChI is InChI=1S/C13H13N3/c1-13(2)9-5-3-7-14-11(9)16-12-10(13)6-4-8-15-12/h3-8H,1-2H3,(H,14,15,16). The third-order valence-electron chi connectivity index (χ3n) is 3.20. The molecule has 1 N–H and O–H groups in total. The zero-order chi connectivity index (χ0) is 11.2. The molecular formula is C13H13N3. The van der Waals surface area contributed by atoms with Crippen LogP contribution in [0.1, 0.15) is 25.0 Å². The molecule has 3 nitrogen and oxygen atoms in total. The van der Waals surface area contributed by atoms with Crippen molar-refractivity contribution in [2.24, 2.45) is 0 Å². The molecular weight excluding hydrogens is 198 g/mol. The second-order valence-electron chi connectivity index (χ2n) is 4.55. The molecule has 3 rings (SSSR count). The number of anilines is 2. The van der Waals surface area contributed by atoms with E-state index in [1.54, 1.807) is 12.4 Å². The topological polar surface area (TPSA) is 37.8 Å². The minimum absolute atomic E-state index is 0.0432. The van der Waals surface area contributed by atoms with Gasteiger partial charge in [-0.15, -0.1) is 0 Å². The van der Waals surface area contributed by atoms with Crippen LogP contribution in [-0.2, 0) is 5.41 Å². The summed E-state index contributed by atoms with van der Waals surface area (Å²) in [6, 6.07) is 8.18. The van der Waals surface area contributed by atoms with Crippen molar-refractivity contribution < 1.29 is 0 Å². The lowest BCUT2D eigenvalue weighted by molar-refractivity contribution is 0.631. The van der Waals surface area contributed by atoms with Gasteiger partial charge in [0.25, 0.3) is 0 Å². The Morgan fingerprint density at radius 2 is 1.44 bits per heavy atom. The maximum atomic E-state index is 4.36. The number of hydrogen-bond acceptors (Lipinski definition) is 3. The van der Waals surface area contributed by atoms with E-state index in [4.69, 9.17) is 0 Å². The monoisotopic (exact) mass is 211 g/mol. The highest BCUT2D eigenvalue weighted by Gasteiger charge is 2.33. The largest absolute Gasteiger partial charge is 0.324 e. The summed E-state index contributed by atoms with van der Waals surface area (Å²) in [7, 11) is 0. The number of nitrogens with zero attached hydrogens (tertiary/aromatic N) is 2. The second kappa shape index (κ2) is 3.04. The van der Waals surface area contributed by atoms with Crippen molar-refractivity contribution in [2.75, 3.05) is 5.32 Å². The van der Waals surface area contributed by atoms with E-state index in [0.29, 0.717) is 0 Å². The van der Waals surface area contributed by atoms with E-state index >= 15 is 0 Å². The average Bonchev–Trinajstić information content (AvgIpc) is 2.29. The van der Waals surface area contributed by atoms with E-state index in [9.17, 15) is 0 Å². The summed E-state index contributed by atoms with van der Waals surface area (Å²) in [4.78, 5) is 8.73. The Morgan fingerprint density at radius 1 is 0.938 bits per heavy atom. The summed E-state index contributed by atoms with van der Waals surface area (Å²) < 4.78 is 0. The van der Waals surface area contributed by atoms with Crippen LogP contribution in [0, 0.1) is 0 Å². The molecule has 2 aromatic rings. The highest BCUT2D eigenvalue weighted by atomic mass is 15.1. The van der Waals surface area contributed by atoms with Gasteiger partial charge >= 0.3 is 0 Å². The summed E-state index contributed by atoms with van der Waals surface area (Å²) in [5, 5.41) is 3.27. The number of rotatable bonds is 0. The first-order valence-electron chi connectivity index (χ1n) is 5.37. The fourth-order valence-electron chi connectivity index (χ4n) is 2.28. The van der Waals surface area contributed by atoms with E-state index < -0.39 is 0 Å². The summed E-state index contributed by atoms with van der Waals surface area (Å²) in [5.41, 5.74) is 2.39. The van der Waals surface area contributed by atoms with Crippen molar-refractivity contribution >= 4 is 11.6 Å². The molecule has 0 fully saturated rings. The number of hydrogen-bond donors (Lipinski definition) is 1. The normalized spacial score (nSPS) is 15.9. The van der Waals surface area contributed by atoms with E-state index in [1.165, 1.54) is 11.1 Å². The Labute approximate surface area is 94.6 Å². The van der Waals surface area contributed by atoms with Crippen molar-refractivity contribution in [1.29, 1.82) is 0 Å². The quantitative estimate of drug-likeness (QED) is 0.728. The summed E-state index contributed by atoms with van der Waals surface area (Å²) >= 11 is 0. The van der Waals surface area contributed by atoms with Crippen molar-refractivity contribution in [3.63, 3.8) is 0 Å². The minimum Gasteiger partial charge on any atom is -0.324 e. The van der Waals surface area contributed by atoms with Crippen LogP contribution in [0.4, 0.5) is 11.6 Å². The van der Waals surface area contributed by atoms with Gasteiger partial charge in [0, 0.05) is 28.9 Å². The molecule has 0 aromatic carbocycles. The molecule has 0 atom stereocenters. The van der Waals surface area contributed by atoms with E-state index in [2.05, 4.69) is 41.3 Å². The second-order valence-corrected chi connectivity index (χ2v) is 4.55. The van der Waals surface area contributed by atoms with E-state index in [1.807, 2.05) is 12.1 Å². The van der Waals surface area contributed by atoms with Crippen LogP contribution in [0.3, 0.4) is 0 Å². The van der Waals surface area contributed by atoms with Crippen LogP contribution >= 0.6 is 0 Å². The molecule has 1 aliphatic rings. The predicted octanol–water partition coefficient (Wildman–Crippen LogP) is 2.86. The SMILES string of the molecule is CC1(C)c2cccnc2Nc2ncccc21. The molecule has 0 saturated heterocycles. The highest BCUT2D eigenvalue weighted by molar-refractivity contribution is 5.69. The van der Waals surface area contributed by atoms with Gasteiger partial charge in [-0.3, -0.25) is 0 Å². The van der Waals surface area contributed by atoms with Gasteiger partial charge in [-0.1, -0.05) is 26.0 Å². The Morgan fingerprint density at radius 3 is 1.94 bits per heavy atom. The first-order chi connectivity index (χ1) is 7.69. The molecule has 0 radical (unpaired) electrons. The molecule has 0 spiro atoms. The van der Waals surface area contributed by atoms with Gasteiger partial charge in [0.1, 0.15) is 11.6 Å². The Kier molecular flexibility index (Phi) is 1.78. The first-order valence-corrected chi connectivity index (χ1v) is 5.37. The van der Waals surface area contributed by atoms with Crippen LogP contribution in [0.25, 0.3) is 0 Å². The summed E-state index contributed by atoms with van der Waals surface area (Å²) in [6.07, 6.45) is 3.60. The van der Waals surface area contributed by atoms with Gasteiger partial charge in [0.2, 0.25) is 0 Å². The van der Waals surface area contributed by atoms with E-state index in [0.717, 1.165) is 11.6 Å². The lowest BCUT2D eigenvalue weighted by atomic mass is 9.76. The molecule has 0 unspecified atom stereocenters. The van der Waals surface area contributed by atoms with Gasteiger partial charge in [0.15, 0.2) is 0 Å². The lowest BCUT2D eigenvalue weighted by Gasteiger charge is -2.33. The zero-order valence-corrected chi connectivity index (χ0v) is 9.36. The molecule has 0 amide bonds. The molecule has 2 aromatic heterocycles. The summed E-state index contributed by atoms with van der Waals surface area (Å²) in [5.74, 6) is 1.83. The molecule has 3 heteroatoms. The average molecular weight is 211 g/mol. The van der Waals surface area contributed by atoms with Crippen molar-refractivity contribution in [2.45, 2.75) is 19.3 Å². The van der Waals surface area contributed by atoms with Gasteiger partial charge in [0.05, 0.1) is 0 Å². The molecule has 0 bridgehead atoms. The van der Waals surface area contributed by atoms with Crippen LogP contribution in [-0.4, -0.2) is 9.97 Å². The van der Waals surface area contributed by atoms with Crippen LogP contribution < -0.4 is 5.32 Å². The third kappa shape index (κ3) is 1.14. The molecule has 80 valence electrons. The van der Waals surface area contributed by atoms with Crippen molar-refractivity contribution in [1.82, 2.24) is 9.97 Å². The van der Waals surface area contributed by atoms with Crippen molar-refractivity contribution in [3.8, 4) is 0 Å². The molecule has 3 heterocycles. The van der Waals surface area contributed by atoms with Crippen LogP contribution in [0.2, 0.25) is 0 Å². The molecule has 1 aliphatic heterocycles. The number of aromatic nitrogens is 2. The van der Waals surface area contributed by atoms with Crippen LogP contribution in [0.15, 0.2) is 36.7 Å². The van der Waals surface area contributed by atoms with E-state index in [-0.39, 0.29) is 5.41 Å². The number of pyridine rings is 2. The maximum absolute atomic E-state index is 4.36. The van der Waals surface area contributed by atoms with Gasteiger partial charge < -0.3 is 5.32 Å². The third-order valence-corrected chi connectivity index (χ3v) is 3.20. The molecule has 16 heavy (non-hydrogen) atoms. The lowest BCUT2D eigenvalue weighted by Crippen LogP contribution is -2.27. The van der Waals surface area contributed by atoms with Gasteiger partial charge in [-0.25, -0.2) is 9.97 Å². The Bertz CT molecular complexity index is 499. The molecule has 0 aliphatic carbocycles. The van der Waals surface area contributed by atoms with Gasteiger partial charge in [-0.2, -0.15) is 0 Å². The Balaban J connectivity index is 2.28. The maximum Gasteiger partial charge on any atom is 0.135 e. The minimum atomic E-state index is -0.0432. The first kappa shape index (κ1) is 9.33. The fourth-order valence-corrected chi connectivity index (χ4v) is 2.28. The zero-order valence-electron chi connectivity index (χ0n) is 9.36. The Hall–Kier alpha value is -1.90. The molecule has 0 saturated carbocycles. The number of fused-ring (bicyclic) bond motifs is 2. The predicted molar refractivity (Wildman–Crippen MR) is 63.9 cm³/mol. The van der Waals surface area contributed by atoms with Crippen molar-refractivity contribution in [3.05, 3.63) is 47.8 Å². The smallest absolute Gasteiger partial charge is 0.135 e. The summed E-state index contributed by atoms with van der Waals surface area (Å²) in [6.45, 7) is 4.41. The number of nitrogens with one attached hydrogen (secondary N) is 1. The van der Waals surface area contributed by atoms with Crippen LogP contribution in [0.5, 0.6) is 0 Å².